The molecular formula is C14H22N6O3S. The van der Waals surface area contributed by atoms with Gasteiger partial charge in [-0.05, 0) is 18.6 Å². The van der Waals surface area contributed by atoms with Gasteiger partial charge in [0, 0.05) is 39.4 Å². The first kappa shape index (κ1) is 19.7. The topological polar surface area (TPSA) is 127 Å². The van der Waals surface area contributed by atoms with E-state index < -0.39 is 10.0 Å². The lowest BCUT2D eigenvalue weighted by Gasteiger charge is -2.14. The number of rotatable bonds is 9. The number of sulfonamides is 1. The first-order chi connectivity index (χ1) is 11.3. The van der Waals surface area contributed by atoms with Gasteiger partial charge < -0.3 is 16.0 Å². The van der Waals surface area contributed by atoms with Gasteiger partial charge in [0.05, 0.1) is 11.8 Å². The molecule has 9 nitrogen and oxygen atoms in total. The van der Waals surface area contributed by atoms with Crippen LogP contribution in [0.25, 0.3) is 0 Å². The average Bonchev–Trinajstić information content (AvgIpc) is 2.54. The molecule has 0 atom stereocenters. The molecule has 1 aromatic heterocycles. The number of carbonyl (C=O) groups is 1. The molecule has 0 unspecified atom stereocenters. The van der Waals surface area contributed by atoms with Crippen LogP contribution >= 0.6 is 0 Å². The van der Waals surface area contributed by atoms with E-state index in [1.165, 1.54) is 11.4 Å². The number of aromatic nitrogens is 1. The summed E-state index contributed by atoms with van der Waals surface area (Å²) in [5, 5.41) is 17.2. The number of pyridine rings is 1. The highest BCUT2D eigenvalue weighted by Crippen LogP contribution is 2.08. The molecule has 3 N–H and O–H groups in total. The molecule has 0 radical (unpaired) electrons. The first-order valence-corrected chi connectivity index (χ1v) is 9.21. The van der Waals surface area contributed by atoms with Gasteiger partial charge in [0.1, 0.15) is 11.9 Å². The number of nitrogens with one attached hydrogen (secondary N) is 3. The quantitative estimate of drug-likeness (QED) is 0.533. The lowest BCUT2D eigenvalue weighted by molar-refractivity contribution is 0.241. The van der Waals surface area contributed by atoms with Gasteiger partial charge in [-0.25, -0.2) is 22.5 Å². The van der Waals surface area contributed by atoms with Crippen molar-refractivity contribution in [3.8, 4) is 6.07 Å². The van der Waals surface area contributed by atoms with Gasteiger partial charge in [-0.2, -0.15) is 5.26 Å². The van der Waals surface area contributed by atoms with Gasteiger partial charge in [-0.1, -0.05) is 0 Å². The van der Waals surface area contributed by atoms with Crippen molar-refractivity contribution in [3.63, 3.8) is 0 Å². The fraction of sp³-hybridized carbons (Fsp3) is 0.500. The van der Waals surface area contributed by atoms with Gasteiger partial charge in [-0.15, -0.1) is 0 Å². The summed E-state index contributed by atoms with van der Waals surface area (Å²) >= 11 is 0. The van der Waals surface area contributed by atoms with Crippen LogP contribution in [0.5, 0.6) is 0 Å². The minimum atomic E-state index is -3.19. The van der Waals surface area contributed by atoms with E-state index in [0.717, 1.165) is 6.26 Å². The Morgan fingerprint density at radius 2 is 2.04 bits per heavy atom. The second-order valence-electron chi connectivity index (χ2n) is 5.06. The molecule has 0 bridgehead atoms. The molecule has 0 spiro atoms. The Hall–Kier alpha value is -2.38. The van der Waals surface area contributed by atoms with Crippen LogP contribution in [-0.4, -0.2) is 63.2 Å². The molecule has 0 aliphatic rings. The summed E-state index contributed by atoms with van der Waals surface area (Å²) in [5.41, 5.74) is 0.442. The summed E-state index contributed by atoms with van der Waals surface area (Å²) in [6, 6.07) is 5.03. The number of hydrogen-bond acceptors (Lipinski definition) is 6. The molecule has 1 aromatic rings. The molecule has 0 aliphatic heterocycles. The van der Waals surface area contributed by atoms with E-state index in [1.54, 1.807) is 18.3 Å². The molecule has 0 fully saturated rings. The SMILES string of the molecule is CN(CCCNC(=O)NCCNc1ncccc1C#N)S(C)(=O)=O. The maximum absolute atomic E-state index is 11.6. The third kappa shape index (κ3) is 7.26. The number of amides is 2. The van der Waals surface area contributed by atoms with Crippen molar-refractivity contribution in [2.24, 2.45) is 0 Å². The highest BCUT2D eigenvalue weighted by molar-refractivity contribution is 7.88. The number of nitrogens with zero attached hydrogens (tertiary/aromatic N) is 3. The Balaban J connectivity index is 2.15. The van der Waals surface area contributed by atoms with E-state index in [-0.39, 0.29) is 6.03 Å². The van der Waals surface area contributed by atoms with Crippen LogP contribution in [0.2, 0.25) is 0 Å². The van der Waals surface area contributed by atoms with Crippen molar-refractivity contribution >= 4 is 21.9 Å². The summed E-state index contributed by atoms with van der Waals surface area (Å²) < 4.78 is 23.6. The molecule has 0 aliphatic carbocycles. The van der Waals surface area contributed by atoms with E-state index in [4.69, 9.17) is 5.26 Å². The van der Waals surface area contributed by atoms with Crippen LogP contribution in [-0.2, 0) is 10.0 Å². The summed E-state index contributed by atoms with van der Waals surface area (Å²) in [5.74, 6) is 0.478. The molecule has 2 amide bonds. The molecule has 1 heterocycles. The van der Waals surface area contributed by atoms with Crippen molar-refractivity contribution in [1.29, 1.82) is 5.26 Å². The zero-order valence-corrected chi connectivity index (χ0v) is 14.6. The average molecular weight is 354 g/mol. The summed E-state index contributed by atoms with van der Waals surface area (Å²) in [7, 11) is -1.69. The van der Waals surface area contributed by atoms with Crippen molar-refractivity contribution in [1.82, 2.24) is 19.9 Å². The fourth-order valence-electron chi connectivity index (χ4n) is 1.73. The predicted molar refractivity (Wildman–Crippen MR) is 90.9 cm³/mol. The number of hydrogen-bond donors (Lipinski definition) is 3. The fourth-order valence-corrected chi connectivity index (χ4v) is 2.19. The van der Waals surface area contributed by atoms with Crippen LogP contribution in [0.3, 0.4) is 0 Å². The van der Waals surface area contributed by atoms with Crippen molar-refractivity contribution in [3.05, 3.63) is 23.9 Å². The Kier molecular flexibility index (Phi) is 7.94. The zero-order chi connectivity index (χ0) is 18.0. The third-order valence-electron chi connectivity index (χ3n) is 3.13. The maximum Gasteiger partial charge on any atom is 0.314 e. The summed E-state index contributed by atoms with van der Waals surface area (Å²) in [6.45, 7) is 1.50. The van der Waals surface area contributed by atoms with E-state index in [1.807, 2.05) is 6.07 Å². The Labute approximate surface area is 142 Å². The lowest BCUT2D eigenvalue weighted by atomic mass is 10.3. The normalized spacial score (nSPS) is 10.9. The second-order valence-corrected chi connectivity index (χ2v) is 7.15. The van der Waals surface area contributed by atoms with Crippen LogP contribution in [0.15, 0.2) is 18.3 Å². The molecule has 132 valence electrons. The van der Waals surface area contributed by atoms with Crippen LogP contribution in [0.1, 0.15) is 12.0 Å². The Morgan fingerprint density at radius 3 is 2.71 bits per heavy atom. The molecule has 0 saturated heterocycles. The van der Waals surface area contributed by atoms with E-state index in [0.29, 0.717) is 44.0 Å². The van der Waals surface area contributed by atoms with Crippen molar-refractivity contribution in [2.75, 3.05) is 44.8 Å². The smallest absolute Gasteiger partial charge is 0.314 e. The third-order valence-corrected chi connectivity index (χ3v) is 4.45. The van der Waals surface area contributed by atoms with Crippen LogP contribution < -0.4 is 16.0 Å². The van der Waals surface area contributed by atoms with Gasteiger partial charge in [0.15, 0.2) is 0 Å². The predicted octanol–water partition coefficient (Wildman–Crippen LogP) is -0.0541. The first-order valence-electron chi connectivity index (χ1n) is 7.36. The monoisotopic (exact) mass is 354 g/mol. The van der Waals surface area contributed by atoms with Crippen molar-refractivity contribution in [2.45, 2.75) is 6.42 Å². The van der Waals surface area contributed by atoms with Crippen LogP contribution in [0.4, 0.5) is 10.6 Å². The minimum absolute atomic E-state index is 0.333. The minimum Gasteiger partial charge on any atom is -0.367 e. The van der Waals surface area contributed by atoms with Crippen molar-refractivity contribution < 1.29 is 13.2 Å². The molecule has 1 rings (SSSR count). The molecule has 24 heavy (non-hydrogen) atoms. The number of carbonyl (C=O) groups excluding carboxylic acids is 1. The molecule has 10 heteroatoms. The van der Waals surface area contributed by atoms with Gasteiger partial charge in [-0.3, -0.25) is 0 Å². The highest BCUT2D eigenvalue weighted by Gasteiger charge is 2.09. The number of anilines is 1. The van der Waals surface area contributed by atoms with E-state index in [2.05, 4.69) is 20.9 Å². The summed E-state index contributed by atoms with van der Waals surface area (Å²) in [4.78, 5) is 15.6. The Morgan fingerprint density at radius 1 is 1.33 bits per heavy atom. The molecule has 0 saturated carbocycles. The summed E-state index contributed by atoms with van der Waals surface area (Å²) in [6.07, 6.45) is 3.24. The standard InChI is InChI=1S/C14H22N6O3S/c1-20(24(2,22)23)10-4-7-18-14(21)19-9-8-17-13-12(11-15)5-3-6-16-13/h3,5-6H,4,7-10H2,1-2H3,(H,16,17)(H2,18,19,21). The second kappa shape index (κ2) is 9.69. The largest absolute Gasteiger partial charge is 0.367 e. The van der Waals surface area contributed by atoms with Gasteiger partial charge in [0.2, 0.25) is 10.0 Å². The number of nitriles is 1. The van der Waals surface area contributed by atoms with E-state index in [9.17, 15) is 13.2 Å². The zero-order valence-electron chi connectivity index (χ0n) is 13.7. The van der Waals surface area contributed by atoms with Gasteiger partial charge in [0.25, 0.3) is 0 Å². The molecule has 0 aromatic carbocycles. The lowest BCUT2D eigenvalue weighted by Crippen LogP contribution is -2.39. The maximum atomic E-state index is 11.6. The highest BCUT2D eigenvalue weighted by atomic mass is 32.2. The number of urea groups is 1. The molecular weight excluding hydrogens is 332 g/mol. The Bertz CT molecular complexity index is 686. The van der Waals surface area contributed by atoms with Crippen LogP contribution in [0, 0.1) is 11.3 Å². The van der Waals surface area contributed by atoms with E-state index >= 15 is 0 Å². The van der Waals surface area contributed by atoms with Gasteiger partial charge >= 0.3 is 6.03 Å².